The largest absolute Gasteiger partial charge is 0.483 e. The molecule has 1 aliphatic rings. The van der Waals surface area contributed by atoms with Crippen LogP contribution in [0.15, 0.2) is 22.7 Å². The van der Waals surface area contributed by atoms with Gasteiger partial charge in [-0.05, 0) is 54.4 Å². The summed E-state index contributed by atoms with van der Waals surface area (Å²) in [6.07, 6.45) is 2.77. The Hall–Kier alpha value is -1.86. The van der Waals surface area contributed by atoms with E-state index in [4.69, 9.17) is 10.5 Å². The molecule has 1 heterocycles. The molecular weight excluding hydrogens is 452 g/mol. The number of carbonyl (C=O) groups is 2. The number of anilines is 1. The molecule has 1 atom stereocenters. The van der Waals surface area contributed by atoms with Crippen LogP contribution in [0.1, 0.15) is 60.5 Å². The Morgan fingerprint density at radius 2 is 2.07 bits per heavy atom. The first-order valence-corrected chi connectivity index (χ1v) is 11.3. The lowest BCUT2D eigenvalue weighted by Crippen LogP contribution is -2.23. The van der Waals surface area contributed by atoms with Gasteiger partial charge in [-0.1, -0.05) is 43.6 Å². The molecular formula is C22H27BrN2O3S. The first-order valence-electron chi connectivity index (χ1n) is 9.73. The topological polar surface area (TPSA) is 81.4 Å². The summed E-state index contributed by atoms with van der Waals surface area (Å²) >= 11 is 4.95. The van der Waals surface area contributed by atoms with E-state index in [1.165, 1.54) is 11.3 Å². The number of fused-ring (bicyclic) bond motifs is 1. The summed E-state index contributed by atoms with van der Waals surface area (Å²) in [7, 11) is 0. The molecule has 0 aliphatic heterocycles. The van der Waals surface area contributed by atoms with Crippen LogP contribution in [-0.2, 0) is 23.1 Å². The fourth-order valence-electron chi connectivity index (χ4n) is 3.62. The van der Waals surface area contributed by atoms with E-state index in [1.807, 2.05) is 18.2 Å². The molecule has 0 fully saturated rings. The number of amides is 2. The average Bonchev–Trinajstić information content (AvgIpc) is 2.96. The van der Waals surface area contributed by atoms with Crippen LogP contribution in [0, 0.1) is 5.92 Å². The summed E-state index contributed by atoms with van der Waals surface area (Å²) in [6.45, 7) is 8.35. The highest BCUT2D eigenvalue weighted by atomic mass is 79.9. The van der Waals surface area contributed by atoms with E-state index in [2.05, 4.69) is 48.9 Å². The molecule has 0 bridgehead atoms. The molecule has 3 N–H and O–H groups in total. The van der Waals surface area contributed by atoms with Gasteiger partial charge in [-0.15, -0.1) is 11.3 Å². The Kier molecular flexibility index (Phi) is 6.39. The number of ether oxygens (including phenoxy) is 1. The molecule has 0 spiro atoms. The fraction of sp³-hybridized carbons (Fsp3) is 0.455. The standard InChI is InChI=1S/C22H27BrN2O3S/c1-12-5-7-14-17(9-12)29-21(19(14)20(24)27)25-18(26)11-28-16-8-6-13(23)10-15(16)22(2,3)4/h6,8,10,12H,5,7,9,11H2,1-4H3,(H2,24,27)(H,25,26). The summed E-state index contributed by atoms with van der Waals surface area (Å²) in [5.74, 6) is 0.449. The molecule has 0 saturated heterocycles. The van der Waals surface area contributed by atoms with E-state index in [9.17, 15) is 9.59 Å². The Morgan fingerprint density at radius 3 is 2.72 bits per heavy atom. The van der Waals surface area contributed by atoms with Crippen LogP contribution < -0.4 is 15.8 Å². The van der Waals surface area contributed by atoms with Crippen molar-refractivity contribution in [2.75, 3.05) is 11.9 Å². The van der Waals surface area contributed by atoms with Gasteiger partial charge in [-0.3, -0.25) is 9.59 Å². The van der Waals surface area contributed by atoms with E-state index >= 15 is 0 Å². The molecule has 1 aromatic heterocycles. The summed E-state index contributed by atoms with van der Waals surface area (Å²) in [6, 6.07) is 5.76. The van der Waals surface area contributed by atoms with Crippen molar-refractivity contribution in [3.63, 3.8) is 0 Å². The number of benzene rings is 1. The SMILES string of the molecule is CC1CCc2c(sc(NC(=O)COc3ccc(Br)cc3C(C)(C)C)c2C(N)=O)C1. The van der Waals surface area contributed by atoms with Gasteiger partial charge < -0.3 is 15.8 Å². The molecule has 5 nitrogen and oxygen atoms in total. The van der Waals surface area contributed by atoms with E-state index < -0.39 is 5.91 Å². The zero-order valence-corrected chi connectivity index (χ0v) is 19.6. The van der Waals surface area contributed by atoms with E-state index in [1.54, 1.807) is 0 Å². The lowest BCUT2D eigenvalue weighted by atomic mass is 9.86. The fourth-order valence-corrected chi connectivity index (χ4v) is 5.41. The predicted molar refractivity (Wildman–Crippen MR) is 121 cm³/mol. The maximum Gasteiger partial charge on any atom is 0.262 e. The third-order valence-electron chi connectivity index (χ3n) is 5.12. The van der Waals surface area contributed by atoms with Crippen LogP contribution in [0.4, 0.5) is 5.00 Å². The van der Waals surface area contributed by atoms with Gasteiger partial charge in [-0.2, -0.15) is 0 Å². The van der Waals surface area contributed by atoms with Crippen molar-refractivity contribution >= 4 is 44.1 Å². The van der Waals surface area contributed by atoms with Gasteiger partial charge in [0.15, 0.2) is 6.61 Å². The normalized spacial score (nSPS) is 16.2. The van der Waals surface area contributed by atoms with Crippen LogP contribution in [0.3, 0.4) is 0 Å². The number of nitrogens with one attached hydrogen (secondary N) is 1. The summed E-state index contributed by atoms with van der Waals surface area (Å²) in [4.78, 5) is 25.8. The number of halogens is 1. The minimum atomic E-state index is -0.490. The second-order valence-corrected chi connectivity index (χ2v) is 10.7. The minimum absolute atomic E-state index is 0.127. The number of carbonyl (C=O) groups excluding carboxylic acids is 2. The quantitative estimate of drug-likeness (QED) is 0.630. The minimum Gasteiger partial charge on any atom is -0.483 e. The molecule has 3 rings (SSSR count). The highest BCUT2D eigenvalue weighted by molar-refractivity contribution is 9.10. The van der Waals surface area contributed by atoms with Crippen molar-refractivity contribution in [3.8, 4) is 5.75 Å². The Balaban J connectivity index is 1.75. The lowest BCUT2D eigenvalue weighted by Gasteiger charge is -2.23. The van der Waals surface area contributed by atoms with E-state index in [0.717, 1.165) is 39.7 Å². The van der Waals surface area contributed by atoms with Crippen LogP contribution in [-0.4, -0.2) is 18.4 Å². The van der Waals surface area contributed by atoms with Crippen molar-refractivity contribution < 1.29 is 14.3 Å². The average molecular weight is 479 g/mol. The highest BCUT2D eigenvalue weighted by Gasteiger charge is 2.27. The third-order valence-corrected chi connectivity index (χ3v) is 6.78. The molecule has 2 amide bonds. The van der Waals surface area contributed by atoms with Crippen LogP contribution >= 0.6 is 27.3 Å². The van der Waals surface area contributed by atoms with Crippen molar-refractivity contribution in [2.45, 2.75) is 52.4 Å². The van der Waals surface area contributed by atoms with Crippen molar-refractivity contribution in [3.05, 3.63) is 44.2 Å². The second-order valence-electron chi connectivity index (χ2n) is 8.65. The number of primary amides is 1. The first kappa shape index (κ1) is 21.8. The molecule has 1 unspecified atom stereocenters. The number of hydrogen-bond donors (Lipinski definition) is 2. The van der Waals surface area contributed by atoms with Gasteiger partial charge in [0, 0.05) is 14.9 Å². The predicted octanol–water partition coefficient (Wildman–Crippen LogP) is 5.05. The van der Waals surface area contributed by atoms with Crippen molar-refractivity contribution in [1.29, 1.82) is 0 Å². The lowest BCUT2D eigenvalue weighted by molar-refractivity contribution is -0.118. The molecule has 2 aromatic rings. The molecule has 0 saturated carbocycles. The number of thiophene rings is 1. The molecule has 7 heteroatoms. The molecule has 1 aliphatic carbocycles. The Morgan fingerprint density at radius 1 is 1.34 bits per heavy atom. The van der Waals surface area contributed by atoms with E-state index in [0.29, 0.717) is 22.2 Å². The highest BCUT2D eigenvalue weighted by Crippen LogP contribution is 2.39. The number of nitrogens with two attached hydrogens (primary N) is 1. The maximum absolute atomic E-state index is 12.6. The maximum atomic E-state index is 12.6. The molecule has 0 radical (unpaired) electrons. The third kappa shape index (κ3) is 5.01. The number of hydrogen-bond acceptors (Lipinski definition) is 4. The van der Waals surface area contributed by atoms with Gasteiger partial charge >= 0.3 is 0 Å². The van der Waals surface area contributed by atoms with Gasteiger partial charge in [0.1, 0.15) is 10.8 Å². The Bertz CT molecular complexity index is 946. The van der Waals surface area contributed by atoms with Crippen LogP contribution in [0.2, 0.25) is 0 Å². The van der Waals surface area contributed by atoms with Crippen LogP contribution in [0.5, 0.6) is 5.75 Å². The Labute approximate surface area is 184 Å². The zero-order chi connectivity index (χ0) is 21.3. The van der Waals surface area contributed by atoms with Crippen LogP contribution in [0.25, 0.3) is 0 Å². The second kappa shape index (κ2) is 8.48. The van der Waals surface area contributed by atoms with Gasteiger partial charge in [0.05, 0.1) is 5.56 Å². The number of rotatable bonds is 5. The zero-order valence-electron chi connectivity index (χ0n) is 17.2. The first-order chi connectivity index (χ1) is 13.6. The molecule has 29 heavy (non-hydrogen) atoms. The van der Waals surface area contributed by atoms with Crippen molar-refractivity contribution in [1.82, 2.24) is 0 Å². The smallest absolute Gasteiger partial charge is 0.262 e. The monoisotopic (exact) mass is 478 g/mol. The van der Waals surface area contributed by atoms with Gasteiger partial charge in [0.25, 0.3) is 11.8 Å². The summed E-state index contributed by atoms with van der Waals surface area (Å²) in [5.41, 5.74) is 7.97. The summed E-state index contributed by atoms with van der Waals surface area (Å²) in [5, 5.41) is 3.39. The van der Waals surface area contributed by atoms with Crippen molar-refractivity contribution in [2.24, 2.45) is 11.7 Å². The van der Waals surface area contributed by atoms with E-state index in [-0.39, 0.29) is 17.9 Å². The molecule has 1 aromatic carbocycles. The van der Waals surface area contributed by atoms with Gasteiger partial charge in [0.2, 0.25) is 0 Å². The summed E-state index contributed by atoms with van der Waals surface area (Å²) < 4.78 is 6.79. The molecule has 156 valence electrons. The van der Waals surface area contributed by atoms with Gasteiger partial charge in [-0.25, -0.2) is 0 Å².